The van der Waals surface area contributed by atoms with Crippen molar-refractivity contribution in [2.75, 3.05) is 4.90 Å². The molecule has 2 aromatic heterocycles. The van der Waals surface area contributed by atoms with Gasteiger partial charge in [0.1, 0.15) is 16.7 Å². The zero-order valence-corrected chi connectivity index (χ0v) is 31.8. The van der Waals surface area contributed by atoms with E-state index in [1.165, 1.54) is 54.9 Å². The summed E-state index contributed by atoms with van der Waals surface area (Å²) >= 11 is 0. The van der Waals surface area contributed by atoms with Crippen LogP contribution in [-0.2, 0) is 0 Å². The highest BCUT2D eigenvalue weighted by molar-refractivity contribution is 6.15. The first-order valence-corrected chi connectivity index (χ1v) is 20.1. The van der Waals surface area contributed by atoms with Gasteiger partial charge in [0.05, 0.1) is 11.4 Å². The summed E-state index contributed by atoms with van der Waals surface area (Å²) in [4.78, 5) is 2.37. The van der Waals surface area contributed by atoms with E-state index in [1.807, 2.05) is 18.2 Å². The van der Waals surface area contributed by atoms with Crippen molar-refractivity contribution in [1.82, 2.24) is 0 Å². The van der Waals surface area contributed by atoms with E-state index in [-0.39, 0.29) is 0 Å². The van der Waals surface area contributed by atoms with Gasteiger partial charge in [0.25, 0.3) is 0 Å². The van der Waals surface area contributed by atoms with Gasteiger partial charge in [-0.15, -0.1) is 0 Å². The van der Waals surface area contributed by atoms with Crippen molar-refractivity contribution in [3.8, 4) is 44.5 Å². The molecule has 0 fully saturated rings. The van der Waals surface area contributed by atoms with Gasteiger partial charge in [-0.2, -0.15) is 0 Å². The second-order valence-corrected chi connectivity index (χ2v) is 15.7. The molecular weight excluding hydrogens is 719 g/mol. The van der Waals surface area contributed by atoms with Crippen LogP contribution in [0.1, 0.15) is 0 Å². The third-order valence-corrected chi connectivity index (χ3v) is 12.3. The second-order valence-electron chi connectivity index (χ2n) is 15.7. The fourth-order valence-corrected chi connectivity index (χ4v) is 9.47. The van der Waals surface area contributed by atoms with Crippen LogP contribution in [0.5, 0.6) is 0 Å². The van der Waals surface area contributed by atoms with Crippen LogP contribution in [0.3, 0.4) is 0 Å². The molecule has 0 aliphatic heterocycles. The zero-order valence-electron chi connectivity index (χ0n) is 31.8. The smallest absolute Gasteiger partial charge is 0.159 e. The van der Waals surface area contributed by atoms with Crippen LogP contribution >= 0.6 is 0 Å². The van der Waals surface area contributed by atoms with Crippen molar-refractivity contribution < 1.29 is 8.83 Å². The fraction of sp³-hybridized carbons (Fsp3) is 0. The molecule has 0 bridgehead atoms. The van der Waals surface area contributed by atoms with Crippen molar-refractivity contribution >= 4 is 82.5 Å². The first-order chi connectivity index (χ1) is 29.2. The summed E-state index contributed by atoms with van der Waals surface area (Å²) in [6, 6.07) is 72.0. The number of furan rings is 2. The average Bonchev–Trinajstić information content (AvgIpc) is 3.86. The summed E-state index contributed by atoms with van der Waals surface area (Å²) in [5, 5.41) is 9.26. The van der Waals surface area contributed by atoms with E-state index in [2.05, 4.69) is 187 Å². The number of nitrogens with zero attached hydrogens (tertiary/aromatic N) is 1. The molecule has 3 heteroatoms. The Morgan fingerprint density at radius 1 is 0.288 bits per heavy atom. The Labute approximate surface area is 339 Å². The van der Waals surface area contributed by atoms with Gasteiger partial charge >= 0.3 is 0 Å². The summed E-state index contributed by atoms with van der Waals surface area (Å²) < 4.78 is 13.4. The van der Waals surface area contributed by atoms with Gasteiger partial charge in [0.2, 0.25) is 0 Å². The Kier molecular flexibility index (Phi) is 6.72. The van der Waals surface area contributed by atoms with Crippen LogP contribution in [0.25, 0.3) is 110 Å². The van der Waals surface area contributed by atoms with Crippen LogP contribution < -0.4 is 4.90 Å². The third kappa shape index (κ3) is 4.89. The average molecular weight is 752 g/mol. The first kappa shape index (κ1) is 32.2. The predicted octanol–water partition coefficient (Wildman–Crippen LogP) is 16.2. The molecule has 0 unspecified atom stereocenters. The number of hydrogen-bond acceptors (Lipinski definition) is 3. The molecule has 3 nitrogen and oxygen atoms in total. The topological polar surface area (TPSA) is 29.5 Å². The Morgan fingerprint density at radius 2 is 0.864 bits per heavy atom. The Balaban J connectivity index is 1.03. The van der Waals surface area contributed by atoms with Gasteiger partial charge < -0.3 is 13.7 Å². The Morgan fingerprint density at radius 3 is 1.59 bits per heavy atom. The van der Waals surface area contributed by atoms with Crippen molar-refractivity contribution in [1.29, 1.82) is 0 Å². The molecule has 12 aromatic rings. The van der Waals surface area contributed by atoms with E-state index in [0.29, 0.717) is 0 Å². The van der Waals surface area contributed by atoms with Crippen LogP contribution in [0.4, 0.5) is 17.1 Å². The minimum atomic E-state index is 0.837. The first-order valence-electron chi connectivity index (χ1n) is 20.1. The van der Waals surface area contributed by atoms with Gasteiger partial charge in [0.15, 0.2) is 5.58 Å². The minimum absolute atomic E-state index is 0.837. The lowest BCUT2D eigenvalue weighted by molar-refractivity contribution is 0.667. The molecule has 13 rings (SSSR count). The fourth-order valence-electron chi connectivity index (χ4n) is 9.47. The van der Waals surface area contributed by atoms with E-state index in [9.17, 15) is 0 Å². The summed E-state index contributed by atoms with van der Waals surface area (Å²) in [6.45, 7) is 0. The van der Waals surface area contributed by atoms with Gasteiger partial charge in [-0.05, 0) is 127 Å². The normalized spacial score (nSPS) is 12.1. The number of hydrogen-bond donors (Lipinski definition) is 0. The number of fused-ring (bicyclic) bond motifs is 12. The highest BCUT2D eigenvalue weighted by Crippen LogP contribution is 2.52. The standard InChI is InChI=1S/C56H33NO2/c1-3-12-34(13-4-1)36-22-23-37-28-46-47-29-38-24-25-41(27-40(38)31-49(47)48(46)30-39(37)26-36)57(51-19-11-18-44-42-16-7-10-21-54(42)59-56(44)51)52-33-55-50(43-17-8-9-20-53(43)58-55)32-45(52)35-14-5-2-6-15-35/h1-33H. The molecule has 0 N–H and O–H groups in total. The molecule has 59 heavy (non-hydrogen) atoms. The van der Waals surface area contributed by atoms with Crippen LogP contribution in [-0.4, -0.2) is 0 Å². The predicted molar refractivity (Wildman–Crippen MR) is 246 cm³/mol. The molecule has 0 radical (unpaired) electrons. The van der Waals surface area contributed by atoms with E-state index < -0.39 is 0 Å². The molecule has 1 aliphatic carbocycles. The third-order valence-electron chi connectivity index (χ3n) is 12.3. The number of anilines is 3. The zero-order chi connectivity index (χ0) is 38.6. The molecule has 1 aliphatic rings. The van der Waals surface area contributed by atoms with E-state index in [0.717, 1.165) is 72.1 Å². The van der Waals surface area contributed by atoms with Crippen LogP contribution in [0.15, 0.2) is 209 Å². The molecule has 0 atom stereocenters. The molecule has 274 valence electrons. The number of benzene rings is 10. The SMILES string of the molecule is c1ccc(-c2ccc3cc4c(cc3c2)-c2cc3cc(N(c5cc6oc7ccccc7c6cc5-c5ccccc5)c5cccc6c5oc5ccccc56)ccc3cc2-4)cc1. The van der Waals surface area contributed by atoms with Crippen molar-refractivity contribution in [2.45, 2.75) is 0 Å². The summed E-state index contributed by atoms with van der Waals surface area (Å²) in [5.41, 5.74) is 16.3. The minimum Gasteiger partial charge on any atom is -0.456 e. The molecule has 0 saturated carbocycles. The summed E-state index contributed by atoms with van der Waals surface area (Å²) in [5.74, 6) is 0. The lowest BCUT2D eigenvalue weighted by Crippen LogP contribution is -2.12. The highest BCUT2D eigenvalue weighted by atomic mass is 16.3. The van der Waals surface area contributed by atoms with Crippen molar-refractivity contribution in [2.24, 2.45) is 0 Å². The molecule has 0 amide bonds. The molecule has 0 spiro atoms. The molecule has 0 saturated heterocycles. The van der Waals surface area contributed by atoms with E-state index in [1.54, 1.807) is 0 Å². The maximum absolute atomic E-state index is 6.77. The van der Waals surface area contributed by atoms with Gasteiger partial charge in [-0.25, -0.2) is 0 Å². The molecule has 2 heterocycles. The van der Waals surface area contributed by atoms with Crippen molar-refractivity contribution in [3.05, 3.63) is 200 Å². The summed E-state index contributed by atoms with van der Waals surface area (Å²) in [6.07, 6.45) is 0. The van der Waals surface area contributed by atoms with Gasteiger partial charge in [0, 0.05) is 38.9 Å². The number of rotatable bonds is 5. The highest BCUT2D eigenvalue weighted by Gasteiger charge is 2.27. The Bertz CT molecular complexity index is 3670. The van der Waals surface area contributed by atoms with Gasteiger partial charge in [-0.3, -0.25) is 0 Å². The van der Waals surface area contributed by atoms with Crippen molar-refractivity contribution in [3.63, 3.8) is 0 Å². The van der Waals surface area contributed by atoms with Crippen LogP contribution in [0, 0.1) is 0 Å². The van der Waals surface area contributed by atoms with Crippen LogP contribution in [0.2, 0.25) is 0 Å². The maximum Gasteiger partial charge on any atom is 0.159 e. The van der Waals surface area contributed by atoms with E-state index >= 15 is 0 Å². The second kappa shape index (κ2) is 12.3. The maximum atomic E-state index is 6.77. The van der Waals surface area contributed by atoms with Gasteiger partial charge in [-0.1, -0.05) is 127 Å². The monoisotopic (exact) mass is 751 g/mol. The summed E-state index contributed by atoms with van der Waals surface area (Å²) in [7, 11) is 0. The lowest BCUT2D eigenvalue weighted by atomic mass is 9.77. The van der Waals surface area contributed by atoms with E-state index in [4.69, 9.17) is 8.83 Å². The largest absolute Gasteiger partial charge is 0.456 e. The lowest BCUT2D eigenvalue weighted by Gasteiger charge is -2.29. The molecule has 10 aromatic carbocycles. The number of para-hydroxylation sites is 3. The quantitative estimate of drug-likeness (QED) is 0.175. The Hall–Kier alpha value is -7.88. The molecular formula is C56H33NO2.